The molecule has 0 bridgehead atoms. The van der Waals surface area contributed by atoms with Crippen molar-refractivity contribution in [2.75, 3.05) is 26.7 Å². The van der Waals surface area contributed by atoms with Crippen molar-refractivity contribution in [2.24, 2.45) is 0 Å². The zero-order chi connectivity index (χ0) is 28.3. The second kappa shape index (κ2) is 12.1. The summed E-state index contributed by atoms with van der Waals surface area (Å²) in [4.78, 5) is 21.8. The Balaban J connectivity index is 1.28. The number of hydrogen-bond acceptors (Lipinski definition) is 7. The topological polar surface area (TPSA) is 71.5 Å². The van der Waals surface area contributed by atoms with Crippen LogP contribution in [0.1, 0.15) is 67.6 Å². The van der Waals surface area contributed by atoms with Crippen molar-refractivity contribution < 1.29 is 9.53 Å². The van der Waals surface area contributed by atoms with E-state index < -0.39 is 0 Å². The predicted octanol–water partition coefficient (Wildman–Crippen LogP) is 7.11. The molecule has 212 valence electrons. The predicted molar refractivity (Wildman–Crippen MR) is 163 cm³/mol. The Morgan fingerprint density at radius 2 is 1.83 bits per heavy atom. The zero-order valence-electron chi connectivity index (χ0n) is 24.0. The molecular weight excluding hydrogens is 530 g/mol. The van der Waals surface area contributed by atoms with E-state index >= 15 is 0 Å². The molecule has 2 saturated heterocycles. The van der Waals surface area contributed by atoms with Crippen LogP contribution in [0.4, 0.5) is 0 Å². The largest absolute Gasteiger partial charge is 0.457 e. The van der Waals surface area contributed by atoms with Gasteiger partial charge in [0.25, 0.3) is 0 Å². The third-order valence-electron chi connectivity index (χ3n) is 7.97. The quantitative estimate of drug-likeness (QED) is 0.226. The number of hydrogen-bond donors (Lipinski definition) is 0. The van der Waals surface area contributed by atoms with Gasteiger partial charge >= 0.3 is 0 Å². The molecule has 4 aromatic rings. The number of nitrogens with zero attached hydrogens (tertiary/aromatic N) is 5. The SMILES string of the molecule is CC(C)c1nnc(-c2ccc(Oc3cc(-c4cccc(C5CCCN(C)C5)n4)ccc3CN3CCCC3=O)cc2)s1. The van der Waals surface area contributed by atoms with E-state index in [0.717, 1.165) is 75.6 Å². The van der Waals surface area contributed by atoms with E-state index in [0.29, 0.717) is 24.8 Å². The highest BCUT2D eigenvalue weighted by atomic mass is 32.1. The van der Waals surface area contributed by atoms with Crippen LogP contribution < -0.4 is 4.74 Å². The highest BCUT2D eigenvalue weighted by molar-refractivity contribution is 7.14. The second-order valence-electron chi connectivity index (χ2n) is 11.5. The molecule has 1 amide bonds. The summed E-state index contributed by atoms with van der Waals surface area (Å²) in [6.07, 6.45) is 3.90. The van der Waals surface area contributed by atoms with Crippen molar-refractivity contribution in [2.45, 2.75) is 57.9 Å². The van der Waals surface area contributed by atoms with E-state index in [1.807, 2.05) is 29.2 Å². The van der Waals surface area contributed by atoms with Crippen molar-refractivity contribution in [3.05, 3.63) is 76.9 Å². The summed E-state index contributed by atoms with van der Waals surface area (Å²) in [7, 11) is 2.19. The Morgan fingerprint density at radius 3 is 2.56 bits per heavy atom. The molecule has 1 unspecified atom stereocenters. The minimum absolute atomic E-state index is 0.203. The van der Waals surface area contributed by atoms with Gasteiger partial charge in [-0.25, -0.2) is 0 Å². The van der Waals surface area contributed by atoms with Gasteiger partial charge in [-0.3, -0.25) is 9.78 Å². The van der Waals surface area contributed by atoms with Gasteiger partial charge < -0.3 is 14.5 Å². The van der Waals surface area contributed by atoms with Crippen molar-refractivity contribution in [3.8, 4) is 33.3 Å². The van der Waals surface area contributed by atoms with Crippen molar-refractivity contribution in [1.29, 1.82) is 0 Å². The number of aromatic nitrogens is 3. The molecule has 2 aromatic heterocycles. The van der Waals surface area contributed by atoms with E-state index in [1.54, 1.807) is 11.3 Å². The third kappa shape index (κ3) is 6.34. The maximum Gasteiger partial charge on any atom is 0.222 e. The Kier molecular flexibility index (Phi) is 8.12. The third-order valence-corrected chi connectivity index (χ3v) is 9.25. The molecule has 2 aliphatic heterocycles. The Labute approximate surface area is 246 Å². The van der Waals surface area contributed by atoms with Gasteiger partial charge in [-0.05, 0) is 75.3 Å². The van der Waals surface area contributed by atoms with Crippen LogP contribution in [-0.4, -0.2) is 57.6 Å². The fourth-order valence-corrected chi connectivity index (χ4v) is 6.49. The van der Waals surface area contributed by atoms with Crippen LogP contribution in [0.2, 0.25) is 0 Å². The molecule has 0 saturated carbocycles. The van der Waals surface area contributed by atoms with E-state index in [1.165, 1.54) is 12.8 Å². The lowest BCUT2D eigenvalue weighted by Crippen LogP contribution is -2.31. The molecule has 0 N–H and O–H groups in total. The number of rotatable bonds is 8. The first kappa shape index (κ1) is 27.5. The maximum absolute atomic E-state index is 12.4. The second-order valence-corrected chi connectivity index (χ2v) is 12.5. The fraction of sp³-hybridized carbons (Fsp3) is 0.394. The first-order valence-corrected chi connectivity index (χ1v) is 15.4. The molecule has 6 rings (SSSR count). The molecule has 0 spiro atoms. The minimum Gasteiger partial charge on any atom is -0.457 e. The summed E-state index contributed by atoms with van der Waals surface area (Å²) in [5.74, 6) is 2.50. The summed E-state index contributed by atoms with van der Waals surface area (Å²) in [6, 6.07) is 20.6. The molecule has 1 atom stereocenters. The standard InChI is InChI=1S/C33H37N5O2S/c1-22(2)32-35-36-33(41-32)23-13-15-27(16-14-23)40-30-19-24(11-12-26(30)21-38-18-6-10-31(38)39)28-8-4-9-29(34-28)25-7-5-17-37(3)20-25/h4,8-9,11-16,19,22,25H,5-7,10,17-18,20-21H2,1-3H3. The van der Waals surface area contributed by atoms with Crippen LogP contribution >= 0.6 is 11.3 Å². The lowest BCUT2D eigenvalue weighted by molar-refractivity contribution is -0.128. The number of benzene rings is 2. The molecule has 7 nitrogen and oxygen atoms in total. The van der Waals surface area contributed by atoms with Crippen LogP contribution in [0, 0.1) is 0 Å². The highest BCUT2D eigenvalue weighted by Crippen LogP contribution is 2.35. The summed E-state index contributed by atoms with van der Waals surface area (Å²) in [5, 5.41) is 10.6. The maximum atomic E-state index is 12.4. The number of likely N-dealkylation sites (N-methyl/N-ethyl adjacent to an activating group) is 1. The number of carbonyl (C=O) groups is 1. The summed E-state index contributed by atoms with van der Waals surface area (Å²) in [5.41, 5.74) is 5.11. The Bertz CT molecular complexity index is 1520. The number of carbonyl (C=O) groups excluding carboxylic acids is 1. The lowest BCUT2D eigenvalue weighted by atomic mass is 9.94. The van der Waals surface area contributed by atoms with Gasteiger partial charge in [0.15, 0.2) is 0 Å². The van der Waals surface area contributed by atoms with Gasteiger partial charge in [-0.2, -0.15) is 0 Å². The molecule has 2 aliphatic rings. The van der Waals surface area contributed by atoms with Crippen LogP contribution in [0.15, 0.2) is 60.7 Å². The lowest BCUT2D eigenvalue weighted by Gasteiger charge is -2.29. The Hall–Kier alpha value is -3.62. The summed E-state index contributed by atoms with van der Waals surface area (Å²) < 4.78 is 6.51. The fourth-order valence-electron chi connectivity index (χ4n) is 5.64. The molecule has 2 fully saturated rings. The molecular formula is C33H37N5O2S. The van der Waals surface area contributed by atoms with Gasteiger partial charge in [0, 0.05) is 60.3 Å². The average molecular weight is 568 g/mol. The van der Waals surface area contributed by atoms with Crippen LogP contribution in [0.5, 0.6) is 11.5 Å². The number of piperidine rings is 1. The molecule has 2 aromatic carbocycles. The van der Waals surface area contributed by atoms with Gasteiger partial charge in [0.2, 0.25) is 5.91 Å². The minimum atomic E-state index is 0.203. The number of likely N-dealkylation sites (tertiary alicyclic amines) is 2. The summed E-state index contributed by atoms with van der Waals surface area (Å²) >= 11 is 1.63. The highest BCUT2D eigenvalue weighted by Gasteiger charge is 2.23. The van der Waals surface area contributed by atoms with E-state index in [9.17, 15) is 4.79 Å². The van der Waals surface area contributed by atoms with Crippen LogP contribution in [0.25, 0.3) is 21.8 Å². The Morgan fingerprint density at radius 1 is 1.00 bits per heavy atom. The molecule has 0 radical (unpaired) electrons. The molecule has 41 heavy (non-hydrogen) atoms. The van der Waals surface area contributed by atoms with Gasteiger partial charge in [0.05, 0.1) is 5.69 Å². The normalized spacial score (nSPS) is 17.9. The number of pyridine rings is 1. The summed E-state index contributed by atoms with van der Waals surface area (Å²) in [6.45, 7) is 7.77. The first-order chi connectivity index (χ1) is 19.9. The zero-order valence-corrected chi connectivity index (χ0v) is 24.9. The van der Waals surface area contributed by atoms with E-state index in [4.69, 9.17) is 9.72 Å². The van der Waals surface area contributed by atoms with Crippen molar-refractivity contribution >= 4 is 17.2 Å². The van der Waals surface area contributed by atoms with Crippen molar-refractivity contribution in [3.63, 3.8) is 0 Å². The van der Waals surface area contributed by atoms with Gasteiger partial charge in [-0.1, -0.05) is 43.4 Å². The average Bonchev–Trinajstić information content (AvgIpc) is 3.64. The van der Waals surface area contributed by atoms with Crippen LogP contribution in [-0.2, 0) is 11.3 Å². The van der Waals surface area contributed by atoms with Crippen LogP contribution in [0.3, 0.4) is 0 Å². The van der Waals surface area contributed by atoms with Gasteiger partial charge in [0.1, 0.15) is 21.5 Å². The smallest absolute Gasteiger partial charge is 0.222 e. The molecule has 0 aliphatic carbocycles. The van der Waals surface area contributed by atoms with E-state index in [2.05, 4.69) is 72.4 Å². The number of ether oxygens (including phenoxy) is 1. The monoisotopic (exact) mass is 567 g/mol. The molecule has 4 heterocycles. The first-order valence-electron chi connectivity index (χ1n) is 14.6. The van der Waals surface area contributed by atoms with Crippen molar-refractivity contribution in [1.82, 2.24) is 25.0 Å². The number of amides is 1. The van der Waals surface area contributed by atoms with Gasteiger partial charge in [-0.15, -0.1) is 10.2 Å². The molecule has 8 heteroatoms. The van der Waals surface area contributed by atoms with E-state index in [-0.39, 0.29) is 5.91 Å².